The molecular weight excluding hydrogens is 600 g/mol. The summed E-state index contributed by atoms with van der Waals surface area (Å²) in [6.07, 6.45) is 0.738. The van der Waals surface area contributed by atoms with E-state index in [-0.39, 0.29) is 29.1 Å². The Bertz CT molecular complexity index is 1690. The maximum absolute atomic E-state index is 15.0. The van der Waals surface area contributed by atoms with Crippen molar-refractivity contribution in [2.75, 3.05) is 24.5 Å². The number of amides is 2. The molecule has 2 amide bonds. The fraction of sp³-hybridized carbons (Fsp3) is 0.235. The molecule has 4 rings (SSSR count). The number of sulfonamides is 1. The number of carbonyl (C=O) groups is 2. The number of benzene rings is 4. The molecule has 0 unspecified atom stereocenters. The Kier molecular flexibility index (Phi) is 11.3. The molecule has 0 aromatic heterocycles. The predicted octanol–water partition coefficient (Wildman–Crippen LogP) is 5.34. The lowest BCUT2D eigenvalue weighted by Gasteiger charge is -2.34. The lowest BCUT2D eigenvalue weighted by molar-refractivity contribution is -0.140. The third-order valence-electron chi connectivity index (χ3n) is 7.16. The Morgan fingerprint density at radius 2 is 1.51 bits per heavy atom. The van der Waals surface area contributed by atoms with Crippen molar-refractivity contribution in [1.82, 2.24) is 10.2 Å². The van der Waals surface area contributed by atoms with Crippen LogP contribution in [0.15, 0.2) is 108 Å². The first-order chi connectivity index (χ1) is 21.6. The number of ether oxygens (including phenoxy) is 1. The van der Waals surface area contributed by atoms with Crippen molar-refractivity contribution in [3.8, 4) is 5.75 Å². The van der Waals surface area contributed by atoms with E-state index < -0.39 is 46.1 Å². The fourth-order valence-electron chi connectivity index (χ4n) is 4.74. The second-order valence-corrected chi connectivity index (χ2v) is 12.1. The van der Waals surface area contributed by atoms with Crippen LogP contribution in [0.3, 0.4) is 0 Å². The molecule has 8 nitrogen and oxygen atoms in total. The number of rotatable bonds is 14. The number of carbonyl (C=O) groups excluding carboxylic acids is 2. The topological polar surface area (TPSA) is 96.0 Å². The first-order valence-electron chi connectivity index (χ1n) is 14.4. The van der Waals surface area contributed by atoms with E-state index in [0.717, 1.165) is 22.0 Å². The molecule has 4 aromatic carbocycles. The lowest BCUT2D eigenvalue weighted by atomic mass is 10.0. The predicted molar refractivity (Wildman–Crippen MR) is 168 cm³/mol. The molecule has 0 fully saturated rings. The average molecular weight is 636 g/mol. The van der Waals surface area contributed by atoms with Crippen LogP contribution >= 0.6 is 0 Å². The van der Waals surface area contributed by atoms with Gasteiger partial charge in [0.2, 0.25) is 11.8 Å². The molecule has 11 heteroatoms. The van der Waals surface area contributed by atoms with E-state index in [1.54, 1.807) is 18.2 Å². The first kappa shape index (κ1) is 33.1. The zero-order valence-electron chi connectivity index (χ0n) is 25.0. The van der Waals surface area contributed by atoms with E-state index in [9.17, 15) is 26.8 Å². The van der Waals surface area contributed by atoms with Crippen LogP contribution in [0.2, 0.25) is 0 Å². The number of nitrogens with one attached hydrogen (secondary N) is 1. The van der Waals surface area contributed by atoms with Crippen LogP contribution in [-0.4, -0.2) is 51.4 Å². The fourth-order valence-corrected chi connectivity index (χ4v) is 6.16. The highest BCUT2D eigenvalue weighted by Gasteiger charge is 2.35. The maximum atomic E-state index is 15.0. The van der Waals surface area contributed by atoms with E-state index >= 15 is 0 Å². The van der Waals surface area contributed by atoms with Crippen molar-refractivity contribution >= 4 is 27.5 Å². The molecule has 0 spiro atoms. The Morgan fingerprint density at radius 1 is 0.867 bits per heavy atom. The summed E-state index contributed by atoms with van der Waals surface area (Å²) in [4.78, 5) is 29.0. The van der Waals surface area contributed by atoms with Gasteiger partial charge in [0.15, 0.2) is 0 Å². The molecule has 1 N–H and O–H groups in total. The third kappa shape index (κ3) is 8.45. The number of methoxy groups -OCH3 is 1. The second kappa shape index (κ2) is 15.3. The summed E-state index contributed by atoms with van der Waals surface area (Å²) in [5.74, 6) is -1.97. The molecule has 1 atom stereocenters. The Morgan fingerprint density at radius 3 is 2.13 bits per heavy atom. The van der Waals surface area contributed by atoms with Gasteiger partial charge in [0, 0.05) is 25.1 Å². The van der Waals surface area contributed by atoms with Crippen LogP contribution in [0.4, 0.5) is 14.5 Å². The van der Waals surface area contributed by atoms with Gasteiger partial charge in [-0.15, -0.1) is 0 Å². The van der Waals surface area contributed by atoms with E-state index in [4.69, 9.17) is 4.74 Å². The summed E-state index contributed by atoms with van der Waals surface area (Å²) in [5, 5.41) is 2.83. The standard InChI is InChI=1S/C34H35F2N3O5S/c1-3-21-37-34(41)32(22-25-9-5-4-6-10-25)38(23-26-11-7-8-12-31(26)36)33(40)24-39(28-15-13-27(35)14-16-28)45(42,43)30-19-17-29(44-2)18-20-30/h4-20,32H,3,21-24H2,1-2H3,(H,37,41)/t32-/m1/s1. The van der Waals surface area contributed by atoms with E-state index in [1.807, 2.05) is 25.1 Å². The van der Waals surface area contributed by atoms with Gasteiger partial charge < -0.3 is 15.0 Å². The molecular formula is C34H35F2N3O5S. The SMILES string of the molecule is CCCNC(=O)[C@@H](Cc1ccccc1)N(Cc1ccccc1F)C(=O)CN(c1ccc(F)cc1)S(=O)(=O)c1ccc(OC)cc1. The van der Waals surface area contributed by atoms with E-state index in [2.05, 4.69) is 5.32 Å². The molecule has 0 aliphatic heterocycles. The zero-order valence-corrected chi connectivity index (χ0v) is 25.8. The van der Waals surface area contributed by atoms with Gasteiger partial charge >= 0.3 is 0 Å². The van der Waals surface area contributed by atoms with Gasteiger partial charge in [0.25, 0.3) is 10.0 Å². The van der Waals surface area contributed by atoms with Gasteiger partial charge in [-0.25, -0.2) is 17.2 Å². The van der Waals surface area contributed by atoms with Gasteiger partial charge in [0.1, 0.15) is 30.0 Å². The maximum Gasteiger partial charge on any atom is 0.264 e. The molecule has 4 aromatic rings. The van der Waals surface area contributed by atoms with Crippen LogP contribution in [0.5, 0.6) is 5.75 Å². The lowest BCUT2D eigenvalue weighted by Crippen LogP contribution is -2.53. The van der Waals surface area contributed by atoms with Crippen LogP contribution in [0.1, 0.15) is 24.5 Å². The molecule has 45 heavy (non-hydrogen) atoms. The van der Waals surface area contributed by atoms with Gasteiger partial charge in [-0.3, -0.25) is 13.9 Å². The number of anilines is 1. The molecule has 0 heterocycles. The molecule has 0 saturated carbocycles. The highest BCUT2D eigenvalue weighted by Crippen LogP contribution is 2.27. The minimum atomic E-state index is -4.39. The normalized spacial score (nSPS) is 11.8. The summed E-state index contributed by atoms with van der Waals surface area (Å²) in [7, 11) is -2.94. The van der Waals surface area contributed by atoms with Crippen molar-refractivity contribution < 1.29 is 31.5 Å². The average Bonchev–Trinajstić information content (AvgIpc) is 3.05. The number of hydrogen-bond acceptors (Lipinski definition) is 5. The first-order valence-corrected chi connectivity index (χ1v) is 15.8. The summed E-state index contributed by atoms with van der Waals surface area (Å²) in [6, 6.07) is 24.1. The van der Waals surface area contributed by atoms with Gasteiger partial charge in [-0.2, -0.15) is 0 Å². The molecule has 0 aliphatic rings. The van der Waals surface area contributed by atoms with Gasteiger partial charge in [-0.05, 0) is 66.6 Å². The number of nitrogens with zero attached hydrogens (tertiary/aromatic N) is 2. The Hall–Kier alpha value is -4.77. The second-order valence-electron chi connectivity index (χ2n) is 10.3. The van der Waals surface area contributed by atoms with Gasteiger partial charge in [0.05, 0.1) is 17.7 Å². The quantitative estimate of drug-likeness (QED) is 0.202. The summed E-state index contributed by atoms with van der Waals surface area (Å²) in [5.41, 5.74) is 0.932. The van der Waals surface area contributed by atoms with Crippen molar-refractivity contribution in [3.05, 3.63) is 126 Å². The van der Waals surface area contributed by atoms with Crippen LogP contribution in [0.25, 0.3) is 0 Å². The van der Waals surface area contributed by atoms with Crippen molar-refractivity contribution in [2.45, 2.75) is 37.2 Å². The Labute approximate surface area is 262 Å². The van der Waals surface area contributed by atoms with Crippen molar-refractivity contribution in [2.24, 2.45) is 0 Å². The molecule has 0 saturated heterocycles. The minimum absolute atomic E-state index is 0.0291. The van der Waals surface area contributed by atoms with Gasteiger partial charge in [-0.1, -0.05) is 55.5 Å². The smallest absolute Gasteiger partial charge is 0.264 e. The van der Waals surface area contributed by atoms with Crippen LogP contribution < -0.4 is 14.4 Å². The third-order valence-corrected chi connectivity index (χ3v) is 8.95. The Balaban J connectivity index is 1.80. The van der Waals surface area contributed by atoms with Crippen LogP contribution in [0, 0.1) is 11.6 Å². The minimum Gasteiger partial charge on any atom is -0.497 e. The molecule has 0 bridgehead atoms. The summed E-state index contributed by atoms with van der Waals surface area (Å²) >= 11 is 0. The monoisotopic (exact) mass is 635 g/mol. The van der Waals surface area contributed by atoms with Crippen molar-refractivity contribution in [3.63, 3.8) is 0 Å². The largest absolute Gasteiger partial charge is 0.497 e. The highest BCUT2D eigenvalue weighted by molar-refractivity contribution is 7.92. The van der Waals surface area contributed by atoms with E-state index in [0.29, 0.717) is 18.7 Å². The van der Waals surface area contributed by atoms with E-state index in [1.165, 1.54) is 66.6 Å². The molecule has 0 aliphatic carbocycles. The summed E-state index contributed by atoms with van der Waals surface area (Å²) in [6.45, 7) is 1.18. The molecule has 0 radical (unpaired) electrons. The molecule has 236 valence electrons. The number of halogens is 2. The summed E-state index contributed by atoms with van der Waals surface area (Å²) < 4.78 is 62.9. The van der Waals surface area contributed by atoms with Crippen LogP contribution in [-0.2, 0) is 32.6 Å². The zero-order chi connectivity index (χ0) is 32.4. The highest BCUT2D eigenvalue weighted by atomic mass is 32.2. The number of hydrogen-bond donors (Lipinski definition) is 1. The van der Waals surface area contributed by atoms with Crippen molar-refractivity contribution in [1.29, 1.82) is 0 Å².